The van der Waals surface area contributed by atoms with Gasteiger partial charge in [0.25, 0.3) is 0 Å². The van der Waals surface area contributed by atoms with Crippen LogP contribution in [0.4, 0.5) is 8.78 Å². The van der Waals surface area contributed by atoms with Crippen LogP contribution in [0.3, 0.4) is 0 Å². The highest BCUT2D eigenvalue weighted by atomic mass is 19.1. The Morgan fingerprint density at radius 3 is 2.37 bits per heavy atom. The minimum atomic E-state index is -0.472. The average molecular weight is 263 g/mol. The van der Waals surface area contributed by atoms with Gasteiger partial charge in [0.15, 0.2) is 11.6 Å². The average Bonchev–Trinajstić information content (AvgIpc) is 2.36. The Morgan fingerprint density at radius 1 is 1.05 bits per heavy atom. The van der Waals surface area contributed by atoms with Gasteiger partial charge in [0.2, 0.25) is 0 Å². The SMILES string of the molecule is Cc1cc(Oc2ccccc2F)c(C(C)N)cc1F. The summed E-state index contributed by atoms with van der Waals surface area (Å²) in [6, 6.07) is 8.51. The second-order valence-corrected chi connectivity index (χ2v) is 4.46. The molecule has 0 aliphatic carbocycles. The maximum absolute atomic E-state index is 13.6. The van der Waals surface area contributed by atoms with Crippen LogP contribution >= 0.6 is 0 Å². The molecule has 2 rings (SSSR count). The molecular formula is C15H15F2NO. The van der Waals surface area contributed by atoms with Crippen molar-refractivity contribution in [1.82, 2.24) is 0 Å². The van der Waals surface area contributed by atoms with Crippen LogP contribution in [0.5, 0.6) is 11.5 Å². The predicted molar refractivity (Wildman–Crippen MR) is 70.2 cm³/mol. The number of para-hydroxylation sites is 1. The molecule has 0 heterocycles. The first kappa shape index (κ1) is 13.5. The normalized spacial score (nSPS) is 12.3. The second kappa shape index (κ2) is 5.36. The zero-order valence-electron chi connectivity index (χ0n) is 10.8. The maximum atomic E-state index is 13.6. The van der Waals surface area contributed by atoms with Crippen molar-refractivity contribution < 1.29 is 13.5 Å². The van der Waals surface area contributed by atoms with Crippen LogP contribution in [-0.2, 0) is 0 Å². The first-order chi connectivity index (χ1) is 8.99. The van der Waals surface area contributed by atoms with Gasteiger partial charge in [-0.15, -0.1) is 0 Å². The summed E-state index contributed by atoms with van der Waals surface area (Å²) < 4.78 is 32.6. The van der Waals surface area contributed by atoms with Crippen molar-refractivity contribution in [1.29, 1.82) is 0 Å². The van der Waals surface area contributed by atoms with Gasteiger partial charge in [0, 0.05) is 11.6 Å². The maximum Gasteiger partial charge on any atom is 0.165 e. The van der Waals surface area contributed by atoms with E-state index in [1.165, 1.54) is 24.3 Å². The largest absolute Gasteiger partial charge is 0.454 e. The molecule has 100 valence electrons. The van der Waals surface area contributed by atoms with E-state index in [2.05, 4.69) is 0 Å². The molecule has 2 aromatic rings. The fourth-order valence-electron chi connectivity index (χ4n) is 1.76. The molecule has 1 unspecified atom stereocenters. The van der Waals surface area contributed by atoms with Crippen molar-refractivity contribution >= 4 is 0 Å². The molecule has 0 aromatic heterocycles. The second-order valence-electron chi connectivity index (χ2n) is 4.46. The van der Waals surface area contributed by atoms with E-state index in [0.717, 1.165) is 0 Å². The van der Waals surface area contributed by atoms with Gasteiger partial charge < -0.3 is 10.5 Å². The van der Waals surface area contributed by atoms with Crippen molar-refractivity contribution in [3.63, 3.8) is 0 Å². The van der Waals surface area contributed by atoms with Crippen LogP contribution in [-0.4, -0.2) is 0 Å². The van der Waals surface area contributed by atoms with E-state index in [4.69, 9.17) is 10.5 Å². The van der Waals surface area contributed by atoms with Crippen LogP contribution in [0.1, 0.15) is 24.1 Å². The molecule has 0 amide bonds. The summed E-state index contributed by atoms with van der Waals surface area (Å²) >= 11 is 0. The third-order valence-electron chi connectivity index (χ3n) is 2.84. The number of hydrogen-bond donors (Lipinski definition) is 1. The van der Waals surface area contributed by atoms with Crippen LogP contribution in [0.2, 0.25) is 0 Å². The highest BCUT2D eigenvalue weighted by molar-refractivity contribution is 5.43. The Morgan fingerprint density at radius 2 is 1.74 bits per heavy atom. The molecule has 0 bridgehead atoms. The molecule has 4 heteroatoms. The van der Waals surface area contributed by atoms with Gasteiger partial charge in [-0.1, -0.05) is 12.1 Å². The summed E-state index contributed by atoms with van der Waals surface area (Å²) in [6.45, 7) is 3.34. The van der Waals surface area contributed by atoms with E-state index in [0.29, 0.717) is 16.9 Å². The van der Waals surface area contributed by atoms with Crippen LogP contribution < -0.4 is 10.5 Å². The molecular weight excluding hydrogens is 248 g/mol. The van der Waals surface area contributed by atoms with Crippen molar-refractivity contribution in [2.24, 2.45) is 5.73 Å². The lowest BCUT2D eigenvalue weighted by Crippen LogP contribution is -2.08. The summed E-state index contributed by atoms with van der Waals surface area (Å²) in [6.07, 6.45) is 0. The minimum absolute atomic E-state index is 0.0930. The number of aryl methyl sites for hydroxylation is 1. The lowest BCUT2D eigenvalue weighted by atomic mass is 10.1. The van der Waals surface area contributed by atoms with Crippen molar-refractivity contribution in [3.8, 4) is 11.5 Å². The standard InChI is InChI=1S/C15H15F2NO/c1-9-7-15(11(10(2)18)8-13(9)17)19-14-6-4-3-5-12(14)16/h3-8,10H,18H2,1-2H3. The van der Waals surface area contributed by atoms with Crippen LogP contribution in [0.15, 0.2) is 36.4 Å². The zero-order valence-corrected chi connectivity index (χ0v) is 10.8. The van der Waals surface area contributed by atoms with Gasteiger partial charge in [0.05, 0.1) is 0 Å². The first-order valence-electron chi connectivity index (χ1n) is 5.97. The minimum Gasteiger partial charge on any atom is -0.454 e. The highest BCUT2D eigenvalue weighted by Crippen LogP contribution is 2.32. The number of ether oxygens (including phenoxy) is 1. The number of nitrogens with two attached hydrogens (primary N) is 1. The van der Waals surface area contributed by atoms with E-state index in [9.17, 15) is 8.78 Å². The lowest BCUT2D eigenvalue weighted by molar-refractivity contribution is 0.433. The van der Waals surface area contributed by atoms with Gasteiger partial charge in [-0.05, 0) is 43.7 Å². The molecule has 0 saturated heterocycles. The molecule has 0 radical (unpaired) electrons. The third kappa shape index (κ3) is 2.90. The van der Waals surface area contributed by atoms with Crippen LogP contribution in [0, 0.1) is 18.6 Å². The molecule has 2 N–H and O–H groups in total. The summed E-state index contributed by atoms with van der Waals surface area (Å²) in [5.41, 5.74) is 6.72. The molecule has 19 heavy (non-hydrogen) atoms. The Balaban J connectivity index is 2.45. The van der Waals surface area contributed by atoms with Gasteiger partial charge in [-0.25, -0.2) is 8.78 Å². The molecule has 0 saturated carbocycles. The van der Waals surface area contributed by atoms with Crippen LogP contribution in [0.25, 0.3) is 0 Å². The topological polar surface area (TPSA) is 35.2 Å². The Kier molecular flexibility index (Phi) is 3.81. The smallest absolute Gasteiger partial charge is 0.165 e. The molecule has 2 nitrogen and oxygen atoms in total. The Labute approximate surface area is 110 Å². The number of benzene rings is 2. The zero-order chi connectivity index (χ0) is 14.0. The molecule has 0 fully saturated rings. The third-order valence-corrected chi connectivity index (χ3v) is 2.84. The number of rotatable bonds is 3. The van der Waals surface area contributed by atoms with Gasteiger partial charge in [-0.3, -0.25) is 0 Å². The van der Waals surface area contributed by atoms with E-state index in [1.807, 2.05) is 0 Å². The molecule has 1 atom stereocenters. The van der Waals surface area contributed by atoms with Gasteiger partial charge in [0.1, 0.15) is 11.6 Å². The summed E-state index contributed by atoms with van der Waals surface area (Å²) in [7, 11) is 0. The fraction of sp³-hybridized carbons (Fsp3) is 0.200. The molecule has 2 aromatic carbocycles. The quantitative estimate of drug-likeness (QED) is 0.905. The van der Waals surface area contributed by atoms with Gasteiger partial charge in [-0.2, -0.15) is 0 Å². The van der Waals surface area contributed by atoms with Crippen molar-refractivity contribution in [3.05, 3.63) is 59.2 Å². The van der Waals surface area contributed by atoms with E-state index in [1.54, 1.807) is 26.0 Å². The van der Waals surface area contributed by atoms with E-state index >= 15 is 0 Å². The monoisotopic (exact) mass is 263 g/mol. The van der Waals surface area contributed by atoms with Crippen molar-refractivity contribution in [2.45, 2.75) is 19.9 Å². The number of hydrogen-bond acceptors (Lipinski definition) is 2. The Bertz CT molecular complexity index is 597. The lowest BCUT2D eigenvalue weighted by Gasteiger charge is -2.15. The predicted octanol–water partition coefficient (Wildman–Crippen LogP) is 4.09. The summed E-state index contributed by atoms with van der Waals surface area (Å²) in [5.74, 6) is -0.359. The van der Waals surface area contributed by atoms with Gasteiger partial charge >= 0.3 is 0 Å². The van der Waals surface area contributed by atoms with E-state index in [-0.39, 0.29) is 11.6 Å². The van der Waals surface area contributed by atoms with E-state index < -0.39 is 11.9 Å². The summed E-state index contributed by atoms with van der Waals surface area (Å²) in [5, 5.41) is 0. The Hall–Kier alpha value is -1.94. The molecule has 0 aliphatic rings. The fourth-order valence-corrected chi connectivity index (χ4v) is 1.76. The molecule has 0 spiro atoms. The molecule has 0 aliphatic heterocycles. The number of halogens is 2. The first-order valence-corrected chi connectivity index (χ1v) is 5.97. The summed E-state index contributed by atoms with van der Waals surface area (Å²) in [4.78, 5) is 0. The highest BCUT2D eigenvalue weighted by Gasteiger charge is 2.14. The van der Waals surface area contributed by atoms with Crippen molar-refractivity contribution in [2.75, 3.05) is 0 Å².